The van der Waals surface area contributed by atoms with Crippen molar-refractivity contribution in [1.82, 2.24) is 0 Å². The standard InChI is InChI=1S/C20H34O4/c1-2-3-6-9-17(21)14-12-16-13-15-19(22)18(16)10-7-4-5-8-11-20(23)24/h16,18H,2-15H2,1H3,(H,23,24)/t16-,18-/m0/s1. The van der Waals surface area contributed by atoms with Gasteiger partial charge in [0.25, 0.3) is 0 Å². The monoisotopic (exact) mass is 338 g/mol. The third-order valence-corrected chi connectivity index (χ3v) is 5.25. The van der Waals surface area contributed by atoms with Gasteiger partial charge in [0.15, 0.2) is 0 Å². The molecule has 1 rings (SSSR count). The topological polar surface area (TPSA) is 71.4 Å². The molecule has 0 aliphatic heterocycles. The van der Waals surface area contributed by atoms with Crippen LogP contribution in [0, 0.1) is 11.8 Å². The molecule has 0 unspecified atom stereocenters. The smallest absolute Gasteiger partial charge is 0.303 e. The van der Waals surface area contributed by atoms with Gasteiger partial charge in [-0.3, -0.25) is 14.4 Å². The second-order valence-electron chi connectivity index (χ2n) is 7.25. The maximum atomic E-state index is 12.1. The molecule has 0 radical (unpaired) electrons. The number of Topliss-reactive ketones (excluding diaryl/α,β-unsaturated/α-hetero) is 2. The molecule has 1 aliphatic rings. The van der Waals surface area contributed by atoms with Crippen LogP contribution in [0.4, 0.5) is 0 Å². The maximum Gasteiger partial charge on any atom is 0.303 e. The van der Waals surface area contributed by atoms with Gasteiger partial charge in [0.2, 0.25) is 0 Å². The minimum atomic E-state index is -0.732. The highest BCUT2D eigenvalue weighted by Gasteiger charge is 2.33. The van der Waals surface area contributed by atoms with Crippen LogP contribution < -0.4 is 0 Å². The lowest BCUT2D eigenvalue weighted by Crippen LogP contribution is -2.16. The molecule has 0 aromatic heterocycles. The van der Waals surface area contributed by atoms with E-state index in [2.05, 4.69) is 6.92 Å². The number of carboxylic acid groups (broad SMARTS) is 1. The van der Waals surface area contributed by atoms with Gasteiger partial charge in [-0.25, -0.2) is 0 Å². The number of carbonyl (C=O) groups excluding carboxylic acids is 2. The summed E-state index contributed by atoms with van der Waals surface area (Å²) in [5.74, 6) is 0.545. The highest BCUT2D eigenvalue weighted by molar-refractivity contribution is 5.83. The average Bonchev–Trinajstić information content (AvgIpc) is 2.89. The summed E-state index contributed by atoms with van der Waals surface area (Å²) in [6.45, 7) is 2.14. The average molecular weight is 338 g/mol. The normalized spacial score (nSPS) is 20.5. The van der Waals surface area contributed by atoms with Gasteiger partial charge < -0.3 is 5.11 Å². The summed E-state index contributed by atoms with van der Waals surface area (Å²) in [7, 11) is 0. The fourth-order valence-corrected chi connectivity index (χ4v) is 3.76. The van der Waals surface area contributed by atoms with E-state index in [4.69, 9.17) is 5.11 Å². The van der Waals surface area contributed by atoms with Gasteiger partial charge in [-0.05, 0) is 38.0 Å². The summed E-state index contributed by atoms with van der Waals surface area (Å²) in [5.41, 5.74) is 0. The molecule has 4 heteroatoms. The summed E-state index contributed by atoms with van der Waals surface area (Å²) in [6.07, 6.45) is 11.9. The Bertz CT molecular complexity index is 402. The van der Waals surface area contributed by atoms with Crippen molar-refractivity contribution in [2.45, 2.75) is 96.8 Å². The lowest BCUT2D eigenvalue weighted by Gasteiger charge is -2.18. The first-order valence-corrected chi connectivity index (χ1v) is 9.80. The van der Waals surface area contributed by atoms with Gasteiger partial charge in [-0.15, -0.1) is 0 Å². The van der Waals surface area contributed by atoms with Crippen LogP contribution >= 0.6 is 0 Å². The van der Waals surface area contributed by atoms with Crippen LogP contribution in [-0.4, -0.2) is 22.6 Å². The number of carboxylic acids is 1. The predicted molar refractivity (Wildman–Crippen MR) is 94.9 cm³/mol. The fourth-order valence-electron chi connectivity index (χ4n) is 3.76. The number of carbonyl (C=O) groups is 3. The Morgan fingerprint density at radius 2 is 1.67 bits per heavy atom. The Kier molecular flexibility index (Phi) is 10.6. The van der Waals surface area contributed by atoms with Crippen molar-refractivity contribution in [2.24, 2.45) is 11.8 Å². The van der Waals surface area contributed by atoms with Crippen molar-refractivity contribution in [2.75, 3.05) is 0 Å². The second kappa shape index (κ2) is 12.2. The summed E-state index contributed by atoms with van der Waals surface area (Å²) >= 11 is 0. The van der Waals surface area contributed by atoms with Crippen molar-refractivity contribution in [3.63, 3.8) is 0 Å². The molecule has 1 saturated carbocycles. The summed E-state index contributed by atoms with van der Waals surface area (Å²) in [5, 5.41) is 8.61. The summed E-state index contributed by atoms with van der Waals surface area (Å²) < 4.78 is 0. The predicted octanol–water partition coefficient (Wildman–Crippen LogP) is 4.94. The van der Waals surface area contributed by atoms with Gasteiger partial charge in [-0.1, -0.05) is 39.0 Å². The Morgan fingerprint density at radius 1 is 0.958 bits per heavy atom. The van der Waals surface area contributed by atoms with Crippen LogP contribution in [0.15, 0.2) is 0 Å². The van der Waals surface area contributed by atoms with E-state index in [1.807, 2.05) is 0 Å². The molecule has 138 valence electrons. The van der Waals surface area contributed by atoms with E-state index in [1.54, 1.807) is 0 Å². The quantitative estimate of drug-likeness (QED) is 0.455. The number of unbranched alkanes of at least 4 members (excludes halogenated alkanes) is 5. The van der Waals surface area contributed by atoms with Crippen molar-refractivity contribution in [1.29, 1.82) is 0 Å². The fraction of sp³-hybridized carbons (Fsp3) is 0.850. The zero-order valence-corrected chi connectivity index (χ0v) is 15.2. The third-order valence-electron chi connectivity index (χ3n) is 5.25. The minimum absolute atomic E-state index is 0.146. The van der Waals surface area contributed by atoms with Gasteiger partial charge in [0.1, 0.15) is 11.6 Å². The molecule has 0 spiro atoms. The van der Waals surface area contributed by atoms with E-state index in [0.717, 1.165) is 64.2 Å². The zero-order valence-electron chi connectivity index (χ0n) is 15.2. The van der Waals surface area contributed by atoms with Gasteiger partial charge in [0, 0.05) is 31.6 Å². The van der Waals surface area contributed by atoms with Crippen molar-refractivity contribution >= 4 is 17.5 Å². The highest BCUT2D eigenvalue weighted by atomic mass is 16.4. The molecule has 1 aliphatic carbocycles. The molecule has 0 aromatic carbocycles. The van der Waals surface area contributed by atoms with Gasteiger partial charge in [-0.2, -0.15) is 0 Å². The number of hydrogen-bond acceptors (Lipinski definition) is 3. The molecule has 2 atom stereocenters. The molecule has 1 N–H and O–H groups in total. The van der Waals surface area contributed by atoms with E-state index >= 15 is 0 Å². The van der Waals surface area contributed by atoms with Crippen LogP contribution in [0.5, 0.6) is 0 Å². The van der Waals surface area contributed by atoms with Gasteiger partial charge in [0.05, 0.1) is 0 Å². The van der Waals surface area contributed by atoms with E-state index in [1.165, 1.54) is 0 Å². The van der Waals surface area contributed by atoms with E-state index in [0.29, 0.717) is 36.7 Å². The molecular formula is C20H34O4. The molecule has 0 heterocycles. The van der Waals surface area contributed by atoms with Crippen LogP contribution in [0.3, 0.4) is 0 Å². The summed E-state index contributed by atoms with van der Waals surface area (Å²) in [6, 6.07) is 0. The number of aliphatic carboxylic acids is 1. The first kappa shape index (κ1) is 20.9. The molecule has 24 heavy (non-hydrogen) atoms. The summed E-state index contributed by atoms with van der Waals surface area (Å²) in [4.78, 5) is 34.5. The lowest BCUT2D eigenvalue weighted by atomic mass is 9.86. The lowest BCUT2D eigenvalue weighted by molar-refractivity contribution is -0.137. The zero-order chi connectivity index (χ0) is 17.8. The first-order chi connectivity index (χ1) is 11.5. The molecule has 0 bridgehead atoms. The number of hydrogen-bond donors (Lipinski definition) is 1. The van der Waals surface area contributed by atoms with Crippen LogP contribution in [0.2, 0.25) is 0 Å². The number of rotatable bonds is 14. The first-order valence-electron chi connectivity index (χ1n) is 9.80. The molecule has 1 fully saturated rings. The van der Waals surface area contributed by atoms with Crippen molar-refractivity contribution in [3.05, 3.63) is 0 Å². The Hall–Kier alpha value is -1.19. The molecule has 4 nitrogen and oxygen atoms in total. The Labute approximate surface area is 146 Å². The van der Waals surface area contributed by atoms with Crippen molar-refractivity contribution in [3.8, 4) is 0 Å². The van der Waals surface area contributed by atoms with Crippen molar-refractivity contribution < 1.29 is 19.5 Å². The largest absolute Gasteiger partial charge is 0.481 e. The molecular weight excluding hydrogens is 304 g/mol. The van der Waals surface area contributed by atoms with E-state index in [9.17, 15) is 14.4 Å². The highest BCUT2D eigenvalue weighted by Crippen LogP contribution is 2.36. The van der Waals surface area contributed by atoms with E-state index < -0.39 is 5.97 Å². The van der Waals surface area contributed by atoms with Crippen LogP contribution in [-0.2, 0) is 14.4 Å². The van der Waals surface area contributed by atoms with Crippen LogP contribution in [0.1, 0.15) is 96.8 Å². The Balaban J connectivity index is 2.20. The number of ketones is 2. The molecule has 0 saturated heterocycles. The maximum absolute atomic E-state index is 12.1. The Morgan fingerprint density at radius 3 is 2.38 bits per heavy atom. The van der Waals surface area contributed by atoms with Gasteiger partial charge >= 0.3 is 5.97 Å². The second-order valence-corrected chi connectivity index (χ2v) is 7.25. The molecule has 0 amide bonds. The SMILES string of the molecule is CCCCCC(=O)CC[C@H]1CCC(=O)[C@H]1CCCCCCC(=O)O. The van der Waals surface area contributed by atoms with E-state index in [-0.39, 0.29) is 12.3 Å². The minimum Gasteiger partial charge on any atom is -0.481 e. The van der Waals surface area contributed by atoms with Crippen LogP contribution in [0.25, 0.3) is 0 Å². The molecule has 0 aromatic rings. The third kappa shape index (κ3) is 8.60.